The Kier molecular flexibility index (Phi) is 6.29. The lowest BCUT2D eigenvalue weighted by molar-refractivity contribution is 0.433. The van der Waals surface area contributed by atoms with Gasteiger partial charge in [0.15, 0.2) is 0 Å². The molecule has 116 valence electrons. The highest BCUT2D eigenvalue weighted by Gasteiger charge is 2.27. The molecule has 0 amide bonds. The molecule has 0 aromatic carbocycles. The van der Waals surface area contributed by atoms with Gasteiger partial charge in [-0.3, -0.25) is 0 Å². The lowest BCUT2D eigenvalue weighted by atomic mass is 9.86. The van der Waals surface area contributed by atoms with Crippen LogP contribution in [0.3, 0.4) is 0 Å². The van der Waals surface area contributed by atoms with E-state index in [0.717, 1.165) is 6.42 Å². The molecule has 2 unspecified atom stereocenters. The number of unbranched alkanes of at least 4 members (excludes halogenated alkanes) is 1. The molecule has 1 N–H and O–H groups in total. The Bertz CT molecular complexity index is 376. The minimum absolute atomic E-state index is 0.157. The second-order valence-corrected chi connectivity index (χ2v) is 6.99. The molecule has 1 rings (SSSR count). The maximum atomic E-state index is 5.02. The highest BCUT2D eigenvalue weighted by atomic mass is 15.0. The van der Waals surface area contributed by atoms with Gasteiger partial charge in [0.25, 0.3) is 0 Å². The van der Waals surface area contributed by atoms with E-state index in [1.807, 2.05) is 0 Å². The lowest BCUT2D eigenvalue weighted by Gasteiger charge is -2.21. The Labute approximate surface area is 125 Å². The second-order valence-electron chi connectivity index (χ2n) is 6.99. The molecule has 0 spiro atoms. The number of rotatable bonds is 8. The minimum Gasteiger partial charge on any atom is -0.345 e. The summed E-state index contributed by atoms with van der Waals surface area (Å²) in [7, 11) is 0. The first-order valence-corrected chi connectivity index (χ1v) is 8.47. The molecule has 0 radical (unpaired) electrons. The van der Waals surface area contributed by atoms with Gasteiger partial charge in [0.05, 0.1) is 5.69 Å². The van der Waals surface area contributed by atoms with Crippen LogP contribution in [0.2, 0.25) is 0 Å². The van der Waals surface area contributed by atoms with Gasteiger partial charge in [-0.05, 0) is 31.1 Å². The van der Waals surface area contributed by atoms with E-state index in [1.54, 1.807) is 0 Å². The van der Waals surface area contributed by atoms with E-state index in [9.17, 15) is 0 Å². The molecule has 20 heavy (non-hydrogen) atoms. The molecular weight excluding hydrogens is 244 g/mol. The topological polar surface area (TPSA) is 28.7 Å². The number of hydrogen-bond acceptors (Lipinski definition) is 1. The predicted molar refractivity (Wildman–Crippen MR) is 88.6 cm³/mol. The predicted octanol–water partition coefficient (Wildman–Crippen LogP) is 5.90. The lowest BCUT2D eigenvalue weighted by Crippen LogP contribution is -2.19. The molecule has 2 heteroatoms. The number of imidazole rings is 1. The third-order valence-corrected chi connectivity index (χ3v) is 4.74. The van der Waals surface area contributed by atoms with Crippen molar-refractivity contribution in [1.82, 2.24) is 9.97 Å². The third-order valence-electron chi connectivity index (χ3n) is 4.74. The van der Waals surface area contributed by atoms with E-state index in [1.165, 1.54) is 42.9 Å². The highest BCUT2D eigenvalue weighted by Crippen LogP contribution is 2.33. The number of H-pyrrole nitrogens is 1. The first-order chi connectivity index (χ1) is 9.37. The normalized spacial score (nSPS) is 15.3. The molecule has 0 aliphatic rings. The third kappa shape index (κ3) is 3.86. The SMILES string of the molecule is CCCCC(C)(C)c1nc(C(C)CC)c(C(C)CC)[nH]1. The van der Waals surface area contributed by atoms with Gasteiger partial charge >= 0.3 is 0 Å². The van der Waals surface area contributed by atoms with Crippen LogP contribution in [0, 0.1) is 0 Å². The molecule has 0 aliphatic heterocycles. The maximum absolute atomic E-state index is 5.02. The summed E-state index contributed by atoms with van der Waals surface area (Å²) in [4.78, 5) is 8.70. The molecule has 1 aromatic rings. The van der Waals surface area contributed by atoms with Crippen molar-refractivity contribution in [1.29, 1.82) is 0 Å². The zero-order valence-electron chi connectivity index (χ0n) is 14.6. The van der Waals surface area contributed by atoms with Gasteiger partial charge in [-0.1, -0.05) is 61.3 Å². The van der Waals surface area contributed by atoms with Crippen molar-refractivity contribution in [3.05, 3.63) is 17.2 Å². The monoisotopic (exact) mass is 278 g/mol. The van der Waals surface area contributed by atoms with Crippen LogP contribution < -0.4 is 0 Å². The number of hydrogen-bond donors (Lipinski definition) is 1. The van der Waals surface area contributed by atoms with Gasteiger partial charge in [0, 0.05) is 11.1 Å². The number of nitrogens with one attached hydrogen (secondary N) is 1. The summed E-state index contributed by atoms with van der Waals surface area (Å²) in [5, 5.41) is 0. The first kappa shape index (κ1) is 17.3. The first-order valence-electron chi connectivity index (χ1n) is 8.47. The summed E-state index contributed by atoms with van der Waals surface area (Å²) in [6, 6.07) is 0. The fraction of sp³-hybridized carbons (Fsp3) is 0.833. The van der Waals surface area contributed by atoms with Gasteiger partial charge in [-0.25, -0.2) is 4.98 Å². The zero-order valence-corrected chi connectivity index (χ0v) is 14.6. The zero-order chi connectivity index (χ0) is 15.3. The molecule has 1 aromatic heterocycles. The molecule has 2 nitrogen and oxygen atoms in total. The summed E-state index contributed by atoms with van der Waals surface area (Å²) in [6.07, 6.45) is 6.05. The van der Waals surface area contributed by atoms with Crippen LogP contribution in [0.15, 0.2) is 0 Å². The van der Waals surface area contributed by atoms with Crippen molar-refractivity contribution in [3.8, 4) is 0 Å². The maximum Gasteiger partial charge on any atom is 0.112 e. The fourth-order valence-electron chi connectivity index (χ4n) is 2.61. The quantitative estimate of drug-likeness (QED) is 0.629. The van der Waals surface area contributed by atoms with Crippen molar-refractivity contribution in [2.75, 3.05) is 0 Å². The number of aromatic amines is 1. The summed E-state index contributed by atoms with van der Waals surface area (Å²) >= 11 is 0. The van der Waals surface area contributed by atoms with E-state index in [0.29, 0.717) is 11.8 Å². The van der Waals surface area contributed by atoms with Crippen molar-refractivity contribution in [2.24, 2.45) is 0 Å². The highest BCUT2D eigenvalue weighted by molar-refractivity contribution is 5.25. The number of aromatic nitrogens is 2. The average Bonchev–Trinajstić information content (AvgIpc) is 2.89. The van der Waals surface area contributed by atoms with E-state index in [2.05, 4.69) is 53.5 Å². The Hall–Kier alpha value is -0.790. The molecule has 0 bridgehead atoms. The Balaban J connectivity index is 3.13. The second kappa shape index (κ2) is 7.28. The van der Waals surface area contributed by atoms with Crippen molar-refractivity contribution in [2.45, 2.75) is 97.8 Å². The Morgan fingerprint density at radius 3 is 2.15 bits per heavy atom. The Morgan fingerprint density at radius 2 is 1.65 bits per heavy atom. The standard InChI is InChI=1S/C18H34N2/c1-8-11-12-18(6,7)17-19-15(13(4)9-2)16(20-17)14(5)10-3/h13-14H,8-12H2,1-7H3,(H,19,20). The summed E-state index contributed by atoms with van der Waals surface area (Å²) < 4.78 is 0. The largest absolute Gasteiger partial charge is 0.345 e. The van der Waals surface area contributed by atoms with Crippen molar-refractivity contribution < 1.29 is 0 Å². The average molecular weight is 278 g/mol. The van der Waals surface area contributed by atoms with Crippen LogP contribution in [0.1, 0.15) is 110 Å². The van der Waals surface area contributed by atoms with Crippen molar-refractivity contribution in [3.63, 3.8) is 0 Å². The Morgan fingerprint density at radius 1 is 1.05 bits per heavy atom. The van der Waals surface area contributed by atoms with Gasteiger partial charge < -0.3 is 4.98 Å². The molecule has 1 heterocycles. The molecule has 0 aliphatic carbocycles. The molecule has 0 saturated carbocycles. The van der Waals surface area contributed by atoms with Crippen LogP contribution in [-0.2, 0) is 5.41 Å². The van der Waals surface area contributed by atoms with Crippen LogP contribution in [0.25, 0.3) is 0 Å². The van der Waals surface area contributed by atoms with Crippen LogP contribution >= 0.6 is 0 Å². The van der Waals surface area contributed by atoms with E-state index >= 15 is 0 Å². The molecule has 0 fully saturated rings. The summed E-state index contributed by atoms with van der Waals surface area (Å²) in [5.74, 6) is 2.31. The van der Waals surface area contributed by atoms with Gasteiger partial charge in [-0.15, -0.1) is 0 Å². The molecular formula is C18H34N2. The number of nitrogens with zero attached hydrogens (tertiary/aromatic N) is 1. The smallest absolute Gasteiger partial charge is 0.112 e. The van der Waals surface area contributed by atoms with Crippen LogP contribution in [0.5, 0.6) is 0 Å². The van der Waals surface area contributed by atoms with E-state index in [4.69, 9.17) is 4.98 Å². The summed E-state index contributed by atoms with van der Waals surface area (Å²) in [6.45, 7) is 16.0. The molecule has 0 saturated heterocycles. The van der Waals surface area contributed by atoms with Gasteiger partial charge in [-0.2, -0.15) is 0 Å². The van der Waals surface area contributed by atoms with Gasteiger partial charge in [0.1, 0.15) is 5.82 Å². The van der Waals surface area contributed by atoms with Crippen LogP contribution in [-0.4, -0.2) is 9.97 Å². The fourth-order valence-corrected chi connectivity index (χ4v) is 2.61. The minimum atomic E-state index is 0.157. The van der Waals surface area contributed by atoms with Crippen molar-refractivity contribution >= 4 is 0 Å². The molecule has 2 atom stereocenters. The van der Waals surface area contributed by atoms with E-state index in [-0.39, 0.29) is 5.41 Å². The van der Waals surface area contributed by atoms with Gasteiger partial charge in [0.2, 0.25) is 0 Å². The summed E-state index contributed by atoms with van der Waals surface area (Å²) in [5.41, 5.74) is 2.84. The van der Waals surface area contributed by atoms with Crippen LogP contribution in [0.4, 0.5) is 0 Å². The van der Waals surface area contributed by atoms with E-state index < -0.39 is 0 Å².